The molecule has 1 aromatic heterocycles. The number of amides is 1. The van der Waals surface area contributed by atoms with Gasteiger partial charge in [0.2, 0.25) is 5.91 Å². The molecule has 1 aromatic carbocycles. The van der Waals surface area contributed by atoms with Crippen LogP contribution in [0.3, 0.4) is 0 Å². The smallest absolute Gasteiger partial charge is 0.337 e. The Hall–Kier alpha value is -2.67. The second-order valence-corrected chi connectivity index (χ2v) is 6.36. The number of carbonyl (C=O) groups excluding carboxylic acids is 2. The molecule has 0 bridgehead atoms. The Morgan fingerprint density at radius 1 is 1.35 bits per heavy atom. The van der Waals surface area contributed by atoms with Crippen LogP contribution in [0, 0.1) is 0 Å². The van der Waals surface area contributed by atoms with Gasteiger partial charge in [-0.05, 0) is 37.1 Å². The van der Waals surface area contributed by atoms with Crippen molar-refractivity contribution >= 4 is 11.9 Å². The molecule has 1 aliphatic heterocycles. The van der Waals surface area contributed by atoms with Crippen LogP contribution in [0.4, 0.5) is 0 Å². The van der Waals surface area contributed by atoms with Crippen LogP contribution in [0.1, 0.15) is 40.9 Å². The molecule has 1 atom stereocenters. The molecule has 1 saturated heterocycles. The molecule has 1 unspecified atom stereocenters. The maximum atomic E-state index is 12.1. The van der Waals surface area contributed by atoms with E-state index in [4.69, 9.17) is 9.26 Å². The molecular formula is C19H23N3O4. The number of likely N-dealkylation sites (tertiary alicyclic amines) is 1. The summed E-state index contributed by atoms with van der Waals surface area (Å²) < 4.78 is 9.53. The molecule has 0 aliphatic carbocycles. The molecule has 0 radical (unpaired) electrons. The van der Waals surface area contributed by atoms with Crippen LogP contribution in [0.2, 0.25) is 0 Å². The minimum Gasteiger partial charge on any atom is -0.465 e. The predicted molar refractivity (Wildman–Crippen MR) is 94.2 cm³/mol. The lowest BCUT2D eigenvalue weighted by molar-refractivity contribution is -0.129. The average molecular weight is 357 g/mol. The molecule has 7 heteroatoms. The van der Waals surface area contributed by atoms with E-state index in [0.717, 1.165) is 30.6 Å². The highest BCUT2D eigenvalue weighted by Crippen LogP contribution is 2.23. The number of nitrogens with zero attached hydrogens (tertiary/aromatic N) is 2. The second kappa shape index (κ2) is 8.62. The van der Waals surface area contributed by atoms with E-state index in [0.29, 0.717) is 25.1 Å². The van der Waals surface area contributed by atoms with Gasteiger partial charge in [-0.15, -0.1) is 0 Å². The van der Waals surface area contributed by atoms with Crippen molar-refractivity contribution in [2.75, 3.05) is 13.7 Å². The van der Waals surface area contributed by atoms with E-state index >= 15 is 0 Å². The lowest BCUT2D eigenvalue weighted by Gasteiger charge is -2.24. The van der Waals surface area contributed by atoms with Crippen LogP contribution in [0.25, 0.3) is 0 Å². The number of hydrogen-bond donors (Lipinski definition) is 1. The van der Waals surface area contributed by atoms with Gasteiger partial charge in [0.15, 0.2) is 0 Å². The van der Waals surface area contributed by atoms with Crippen molar-refractivity contribution in [2.24, 2.45) is 0 Å². The summed E-state index contributed by atoms with van der Waals surface area (Å²) in [5, 5.41) is 7.29. The Labute approximate surface area is 152 Å². The first-order valence-corrected chi connectivity index (χ1v) is 8.74. The number of aromatic nitrogens is 1. The summed E-state index contributed by atoms with van der Waals surface area (Å²) >= 11 is 0. The molecule has 0 spiro atoms. The molecule has 7 nitrogen and oxygen atoms in total. The molecule has 1 fully saturated rings. The topological polar surface area (TPSA) is 84.7 Å². The largest absolute Gasteiger partial charge is 0.465 e. The van der Waals surface area contributed by atoms with E-state index in [9.17, 15) is 9.59 Å². The number of benzene rings is 1. The standard InChI is InChI=1S/C19H23N3O4/c1-25-19(24)15-4-2-14(3-5-15)12-20-10-8-17-6-7-18(23)22(17)13-16-9-11-26-21-16/h2-5,9,11,17,20H,6-8,10,12-13H2,1H3. The minimum absolute atomic E-state index is 0.177. The Kier molecular flexibility index (Phi) is 6.01. The SMILES string of the molecule is COC(=O)c1ccc(CNCCC2CCC(=O)N2Cc2ccon2)cc1. The van der Waals surface area contributed by atoms with Crippen molar-refractivity contribution in [2.45, 2.75) is 38.4 Å². The highest BCUT2D eigenvalue weighted by Gasteiger charge is 2.30. The Morgan fingerprint density at radius 2 is 2.15 bits per heavy atom. The van der Waals surface area contributed by atoms with Crippen LogP contribution >= 0.6 is 0 Å². The third-order valence-corrected chi connectivity index (χ3v) is 4.63. The van der Waals surface area contributed by atoms with E-state index in [2.05, 4.69) is 10.5 Å². The van der Waals surface area contributed by atoms with Gasteiger partial charge in [0.25, 0.3) is 0 Å². The third kappa shape index (κ3) is 4.49. The first-order chi connectivity index (χ1) is 12.7. The van der Waals surface area contributed by atoms with Crippen LogP contribution in [-0.2, 0) is 22.6 Å². The number of esters is 1. The summed E-state index contributed by atoms with van der Waals surface area (Å²) in [4.78, 5) is 25.4. The molecule has 0 saturated carbocycles. The lowest BCUT2D eigenvalue weighted by atomic mass is 10.1. The summed E-state index contributed by atoms with van der Waals surface area (Å²) in [5.74, 6) is -0.154. The number of rotatable bonds is 8. The van der Waals surface area contributed by atoms with Gasteiger partial charge in [0, 0.05) is 25.1 Å². The molecule has 26 heavy (non-hydrogen) atoms. The lowest BCUT2D eigenvalue weighted by Crippen LogP contribution is -2.34. The van der Waals surface area contributed by atoms with E-state index in [1.54, 1.807) is 18.2 Å². The van der Waals surface area contributed by atoms with Crippen LogP contribution in [0.15, 0.2) is 41.1 Å². The zero-order valence-electron chi connectivity index (χ0n) is 14.8. The second-order valence-electron chi connectivity index (χ2n) is 6.36. The van der Waals surface area contributed by atoms with Gasteiger partial charge in [0.05, 0.1) is 19.2 Å². The Morgan fingerprint density at radius 3 is 2.85 bits per heavy atom. The van der Waals surface area contributed by atoms with E-state index in [-0.39, 0.29) is 17.9 Å². The maximum absolute atomic E-state index is 12.1. The minimum atomic E-state index is -0.331. The van der Waals surface area contributed by atoms with Crippen molar-refractivity contribution in [1.29, 1.82) is 0 Å². The van der Waals surface area contributed by atoms with Crippen molar-refractivity contribution in [1.82, 2.24) is 15.4 Å². The summed E-state index contributed by atoms with van der Waals surface area (Å²) in [6.45, 7) is 2.03. The normalized spacial score (nSPS) is 16.9. The number of nitrogens with one attached hydrogen (secondary N) is 1. The molecule has 3 rings (SSSR count). The van der Waals surface area contributed by atoms with E-state index in [1.807, 2.05) is 17.0 Å². The molecule has 2 aromatic rings. The van der Waals surface area contributed by atoms with Crippen LogP contribution < -0.4 is 5.32 Å². The predicted octanol–water partition coefficient (Wildman–Crippen LogP) is 2.13. The number of hydrogen-bond acceptors (Lipinski definition) is 6. The van der Waals surface area contributed by atoms with Gasteiger partial charge >= 0.3 is 5.97 Å². The van der Waals surface area contributed by atoms with Crippen molar-refractivity contribution in [3.05, 3.63) is 53.4 Å². The highest BCUT2D eigenvalue weighted by molar-refractivity contribution is 5.89. The molecule has 2 heterocycles. The average Bonchev–Trinajstić information content (AvgIpc) is 3.30. The van der Waals surface area contributed by atoms with Crippen LogP contribution in [-0.4, -0.2) is 41.6 Å². The van der Waals surface area contributed by atoms with Crippen molar-refractivity contribution in [3.63, 3.8) is 0 Å². The third-order valence-electron chi connectivity index (χ3n) is 4.63. The van der Waals surface area contributed by atoms with Gasteiger partial charge in [-0.25, -0.2) is 4.79 Å². The fraction of sp³-hybridized carbons (Fsp3) is 0.421. The monoisotopic (exact) mass is 357 g/mol. The van der Waals surface area contributed by atoms with Gasteiger partial charge in [-0.3, -0.25) is 4.79 Å². The number of methoxy groups -OCH3 is 1. The zero-order valence-corrected chi connectivity index (χ0v) is 14.8. The van der Waals surface area contributed by atoms with E-state index in [1.165, 1.54) is 13.4 Å². The summed E-state index contributed by atoms with van der Waals surface area (Å²) in [6, 6.07) is 9.37. The molecule has 138 valence electrons. The quantitative estimate of drug-likeness (QED) is 0.575. The Balaban J connectivity index is 1.44. The zero-order chi connectivity index (χ0) is 18.4. The number of ether oxygens (including phenoxy) is 1. The van der Waals surface area contributed by atoms with Gasteiger partial charge < -0.3 is 19.5 Å². The highest BCUT2D eigenvalue weighted by atomic mass is 16.5. The summed E-state index contributed by atoms with van der Waals surface area (Å²) in [7, 11) is 1.37. The summed E-state index contributed by atoms with van der Waals surface area (Å²) in [6.07, 6.45) is 3.89. The van der Waals surface area contributed by atoms with E-state index < -0.39 is 0 Å². The molecule has 1 amide bonds. The van der Waals surface area contributed by atoms with Crippen LogP contribution in [0.5, 0.6) is 0 Å². The first-order valence-electron chi connectivity index (χ1n) is 8.74. The van der Waals surface area contributed by atoms with Crippen molar-refractivity contribution in [3.8, 4) is 0 Å². The first kappa shape index (κ1) is 18.1. The van der Waals surface area contributed by atoms with Gasteiger partial charge in [-0.2, -0.15) is 0 Å². The molecule has 1 aliphatic rings. The fourth-order valence-electron chi connectivity index (χ4n) is 3.18. The fourth-order valence-corrected chi connectivity index (χ4v) is 3.18. The summed E-state index contributed by atoms with van der Waals surface area (Å²) in [5.41, 5.74) is 2.42. The van der Waals surface area contributed by atoms with Crippen molar-refractivity contribution < 1.29 is 18.8 Å². The van der Waals surface area contributed by atoms with Gasteiger partial charge in [-0.1, -0.05) is 17.3 Å². The maximum Gasteiger partial charge on any atom is 0.337 e. The van der Waals surface area contributed by atoms with Gasteiger partial charge in [0.1, 0.15) is 12.0 Å². The number of carbonyl (C=O) groups is 2. The molecule has 1 N–H and O–H groups in total. The Bertz CT molecular complexity index is 728. The molecular weight excluding hydrogens is 334 g/mol.